The summed E-state index contributed by atoms with van der Waals surface area (Å²) in [4.78, 5) is 29.1. The van der Waals surface area contributed by atoms with E-state index >= 15 is 0 Å². The van der Waals surface area contributed by atoms with Crippen molar-refractivity contribution in [2.24, 2.45) is 0 Å². The van der Waals surface area contributed by atoms with Gasteiger partial charge in [0.15, 0.2) is 11.9 Å². The number of aliphatic hydroxyl groups is 4. The van der Waals surface area contributed by atoms with Crippen LogP contribution in [-0.4, -0.2) is 108 Å². The summed E-state index contributed by atoms with van der Waals surface area (Å²) in [5.41, 5.74) is -3.21. The van der Waals surface area contributed by atoms with Crippen LogP contribution in [0.15, 0.2) is 0 Å². The van der Waals surface area contributed by atoms with Gasteiger partial charge < -0.3 is 39.9 Å². The molecular weight excluding hydrogens is 280 g/mol. The van der Waals surface area contributed by atoms with E-state index in [-0.39, 0.29) is 37.7 Å². The van der Waals surface area contributed by atoms with Gasteiger partial charge in [-0.25, -0.2) is 0 Å². The molecule has 0 amide bonds. The van der Waals surface area contributed by atoms with Crippen LogP contribution in [0, 0.1) is 0 Å². The fraction of sp³-hybridized carbons (Fsp3) is 0.625. The first-order valence-corrected chi connectivity index (χ1v) is 4.09. The van der Waals surface area contributed by atoms with Gasteiger partial charge in [0.2, 0.25) is 0 Å². The smallest absolute Gasteiger partial charge is 0.655 e. The van der Waals surface area contributed by atoms with Gasteiger partial charge in [-0.3, -0.25) is 4.79 Å². The Kier molecular flexibility index (Phi) is 15.0. The van der Waals surface area contributed by atoms with E-state index in [0.29, 0.717) is 0 Å². The topological polar surface area (TPSA) is 164 Å². The molecule has 0 bridgehead atoms. The zero-order valence-corrected chi connectivity index (χ0v) is 11.7. The molecule has 0 spiro atoms. The Morgan fingerprint density at radius 3 is 2.11 bits per heavy atom. The van der Waals surface area contributed by atoms with Gasteiger partial charge in [-0.05, 0) is 0 Å². The number of aliphatic carboxylic acids is 1. The Balaban J connectivity index is -0.000000392. The van der Waals surface area contributed by atoms with Crippen molar-refractivity contribution in [1.29, 1.82) is 0 Å². The average molecular weight is 292 g/mol. The van der Waals surface area contributed by atoms with Gasteiger partial charge in [0.1, 0.15) is 12.2 Å². The van der Waals surface area contributed by atoms with E-state index in [4.69, 9.17) is 25.2 Å². The fourth-order valence-corrected chi connectivity index (χ4v) is 0.632. The van der Waals surface area contributed by atoms with Crippen LogP contribution in [0.25, 0.3) is 0 Å². The Bertz CT molecular complexity index is 259. The molecule has 10 heteroatoms. The van der Waals surface area contributed by atoms with Crippen LogP contribution in [0.1, 0.15) is 0 Å². The molecule has 0 fully saturated rings. The average Bonchev–Trinajstić information content (AvgIpc) is 2.35. The maximum absolute atomic E-state index is 10.2. The number of carboxylic acids is 1. The maximum Gasteiger partial charge on any atom is 2.00 e. The van der Waals surface area contributed by atoms with E-state index in [1.165, 1.54) is 13.6 Å². The number of rotatable bonds is 6. The Morgan fingerprint density at radius 2 is 1.94 bits per heavy atom. The summed E-state index contributed by atoms with van der Waals surface area (Å²) in [5, 5.41) is 45.0. The first kappa shape index (κ1) is 22.9. The molecule has 9 nitrogen and oxygen atoms in total. The van der Waals surface area contributed by atoms with E-state index in [1.807, 2.05) is 0 Å². The fourth-order valence-electron chi connectivity index (χ4n) is 0.632. The second-order valence-corrected chi connectivity index (χ2v) is 2.71. The molecule has 3 unspecified atom stereocenters. The second kappa shape index (κ2) is 11.8. The number of aldehydes is 1. The van der Waals surface area contributed by atoms with Gasteiger partial charge in [0, 0.05) is 7.11 Å². The van der Waals surface area contributed by atoms with Crippen molar-refractivity contribution in [3.05, 3.63) is 0 Å². The minimum atomic E-state index is -3.21. The summed E-state index contributed by atoms with van der Waals surface area (Å²) in [6.07, 6.45) is -4.75. The Labute approximate surface area is 132 Å². The molecule has 0 aliphatic carbocycles. The standard InChI is InChI=1S/C6H10O7.C2H3O2.Ca/c7-1-3(9)4(10)6(13,2-8)5(11)12;1-4-2-3;/h2-4,7,9-10,13H,1H2,(H,11,12);1H3;/q;-1;+2/p-1. The third kappa shape index (κ3) is 7.21. The van der Waals surface area contributed by atoms with Crippen molar-refractivity contribution in [3.8, 4) is 0 Å². The molecule has 0 aromatic heterocycles. The van der Waals surface area contributed by atoms with Gasteiger partial charge in [-0.1, -0.05) is 6.47 Å². The largest absolute Gasteiger partial charge is 2.00 e. The number of hydrogen-bond acceptors (Lipinski definition) is 9. The SMILES string of the molecule is CO[C-]=O.O=CC(O)(C(=O)[O-])C(O)C(O)CO.[Ca+2]. The van der Waals surface area contributed by atoms with Gasteiger partial charge in [0.25, 0.3) is 0 Å². The molecule has 0 radical (unpaired) electrons. The molecule has 100 valence electrons. The van der Waals surface area contributed by atoms with Crippen LogP contribution in [0.3, 0.4) is 0 Å². The third-order valence-electron chi connectivity index (χ3n) is 1.59. The summed E-state index contributed by atoms with van der Waals surface area (Å²) in [5.74, 6) is -2.25. The molecule has 0 aliphatic rings. The second-order valence-electron chi connectivity index (χ2n) is 2.71. The zero-order chi connectivity index (χ0) is 14.1. The quantitative estimate of drug-likeness (QED) is 0.162. The first-order chi connectivity index (χ1) is 7.81. The number of carboxylic acid groups (broad SMARTS) is 1. The van der Waals surface area contributed by atoms with E-state index in [9.17, 15) is 14.7 Å². The van der Waals surface area contributed by atoms with Crippen molar-refractivity contribution in [2.75, 3.05) is 13.7 Å². The van der Waals surface area contributed by atoms with Gasteiger partial charge in [0.05, 0.1) is 12.6 Å². The minimum Gasteiger partial charge on any atom is -0.655 e. The van der Waals surface area contributed by atoms with E-state index in [1.54, 1.807) is 0 Å². The van der Waals surface area contributed by atoms with Crippen molar-refractivity contribution < 1.29 is 44.7 Å². The number of aliphatic hydroxyl groups excluding tert-OH is 3. The van der Waals surface area contributed by atoms with Crippen LogP contribution in [0.5, 0.6) is 0 Å². The van der Waals surface area contributed by atoms with Crippen LogP contribution in [-0.2, 0) is 19.1 Å². The third-order valence-corrected chi connectivity index (χ3v) is 1.59. The molecule has 0 saturated carbocycles. The van der Waals surface area contributed by atoms with Crippen molar-refractivity contribution in [1.82, 2.24) is 0 Å². The van der Waals surface area contributed by atoms with Gasteiger partial charge >= 0.3 is 37.7 Å². The van der Waals surface area contributed by atoms with E-state index in [0.717, 1.165) is 0 Å². The molecule has 0 saturated heterocycles. The summed E-state index contributed by atoms with van der Waals surface area (Å²) in [6.45, 7) is 0.185. The molecule has 0 aliphatic heterocycles. The summed E-state index contributed by atoms with van der Waals surface area (Å²) in [7, 11) is 1.26. The van der Waals surface area contributed by atoms with E-state index in [2.05, 4.69) is 4.74 Å². The number of methoxy groups -OCH3 is 1. The van der Waals surface area contributed by atoms with Crippen molar-refractivity contribution >= 4 is 56.5 Å². The Morgan fingerprint density at radius 1 is 1.56 bits per heavy atom. The molecular formula is C8H12CaO9. The van der Waals surface area contributed by atoms with Crippen LogP contribution in [0.2, 0.25) is 0 Å². The molecule has 0 heterocycles. The molecule has 18 heavy (non-hydrogen) atoms. The van der Waals surface area contributed by atoms with Crippen LogP contribution in [0.4, 0.5) is 0 Å². The monoisotopic (exact) mass is 292 g/mol. The number of ether oxygens (including phenoxy) is 1. The van der Waals surface area contributed by atoms with Crippen LogP contribution >= 0.6 is 0 Å². The van der Waals surface area contributed by atoms with E-state index < -0.39 is 36.7 Å². The molecule has 4 N–H and O–H groups in total. The summed E-state index contributed by atoms with van der Waals surface area (Å²) < 4.78 is 3.74. The molecule has 3 atom stereocenters. The Hall–Kier alpha value is -0.290. The number of carbonyl (C=O) groups is 2. The maximum atomic E-state index is 10.2. The number of carbonyl (C=O) groups excluding carboxylic acids is 3. The zero-order valence-electron chi connectivity index (χ0n) is 9.48. The molecule has 0 rings (SSSR count). The summed E-state index contributed by atoms with van der Waals surface area (Å²) >= 11 is 0. The molecule has 0 aromatic rings. The minimum absolute atomic E-state index is 0. The predicted octanol–water partition coefficient (Wildman–Crippen LogP) is -5.30. The first-order valence-electron chi connectivity index (χ1n) is 4.09. The summed E-state index contributed by atoms with van der Waals surface area (Å²) in [6, 6.07) is 0. The molecule has 0 aromatic carbocycles. The van der Waals surface area contributed by atoms with Crippen molar-refractivity contribution in [3.63, 3.8) is 0 Å². The van der Waals surface area contributed by atoms with Crippen molar-refractivity contribution in [2.45, 2.75) is 17.8 Å². The normalized spacial score (nSPS) is 15.6. The van der Waals surface area contributed by atoms with Gasteiger partial charge in [-0.2, -0.15) is 0 Å². The predicted molar refractivity (Wildman–Crippen MR) is 53.6 cm³/mol. The number of hydrogen-bond donors (Lipinski definition) is 4. The van der Waals surface area contributed by atoms with Crippen LogP contribution < -0.4 is 5.11 Å². The van der Waals surface area contributed by atoms with Gasteiger partial charge in [-0.15, -0.1) is 0 Å².